The first kappa shape index (κ1) is 23.7. The molecule has 1 aliphatic carbocycles. The second-order valence-corrected chi connectivity index (χ2v) is 9.18. The largest absolute Gasteiger partial charge is 0.487 e. The van der Waals surface area contributed by atoms with Crippen LogP contribution in [0.4, 0.5) is 4.39 Å². The van der Waals surface area contributed by atoms with E-state index in [0.717, 1.165) is 16.3 Å². The predicted molar refractivity (Wildman–Crippen MR) is 127 cm³/mol. The van der Waals surface area contributed by atoms with Crippen molar-refractivity contribution in [3.63, 3.8) is 0 Å². The maximum Gasteiger partial charge on any atom is 0.338 e. The highest BCUT2D eigenvalue weighted by Gasteiger charge is 2.39. The van der Waals surface area contributed by atoms with Gasteiger partial charge in [-0.1, -0.05) is 42.5 Å². The van der Waals surface area contributed by atoms with E-state index < -0.39 is 17.2 Å². The molecule has 0 unspecified atom stereocenters. The van der Waals surface area contributed by atoms with Gasteiger partial charge in [0.25, 0.3) is 0 Å². The zero-order valence-corrected chi connectivity index (χ0v) is 19.7. The first-order valence-electron chi connectivity index (χ1n) is 11.5. The Kier molecular flexibility index (Phi) is 6.87. The number of esters is 2. The third-order valence-corrected chi connectivity index (χ3v) is 6.75. The number of carbonyl (C=O) groups excluding carboxylic acids is 2. The van der Waals surface area contributed by atoms with Crippen molar-refractivity contribution < 1.29 is 28.2 Å². The van der Waals surface area contributed by atoms with Crippen molar-refractivity contribution in [1.29, 1.82) is 0 Å². The molecule has 5 nitrogen and oxygen atoms in total. The highest BCUT2D eigenvalue weighted by molar-refractivity contribution is 5.91. The molecule has 0 heterocycles. The van der Waals surface area contributed by atoms with E-state index in [-0.39, 0.29) is 30.0 Å². The van der Waals surface area contributed by atoms with Gasteiger partial charge < -0.3 is 14.2 Å². The van der Waals surface area contributed by atoms with Crippen molar-refractivity contribution in [2.75, 3.05) is 7.11 Å². The van der Waals surface area contributed by atoms with Crippen LogP contribution in [0.1, 0.15) is 54.1 Å². The van der Waals surface area contributed by atoms with Crippen molar-refractivity contribution in [2.45, 2.75) is 52.2 Å². The summed E-state index contributed by atoms with van der Waals surface area (Å²) in [5, 5.41) is 2.19. The summed E-state index contributed by atoms with van der Waals surface area (Å²) in [5.74, 6) is -1.26. The lowest BCUT2D eigenvalue weighted by Crippen LogP contribution is -2.37. The van der Waals surface area contributed by atoms with E-state index in [2.05, 4.69) is 0 Å². The van der Waals surface area contributed by atoms with Gasteiger partial charge >= 0.3 is 11.9 Å². The number of aryl methyl sites for hydroxylation is 1. The minimum atomic E-state index is -0.618. The van der Waals surface area contributed by atoms with Gasteiger partial charge in [-0.2, -0.15) is 0 Å². The highest BCUT2D eigenvalue weighted by Crippen LogP contribution is 2.39. The molecule has 4 rings (SSSR count). The molecule has 178 valence electrons. The summed E-state index contributed by atoms with van der Waals surface area (Å²) in [6, 6.07) is 16.7. The van der Waals surface area contributed by atoms with Gasteiger partial charge in [-0.05, 0) is 73.6 Å². The summed E-state index contributed by atoms with van der Waals surface area (Å²) in [7, 11) is 1.28. The molecular formula is C28H29FO5. The summed E-state index contributed by atoms with van der Waals surface area (Å²) < 4.78 is 30.8. The third kappa shape index (κ3) is 4.91. The molecule has 0 bridgehead atoms. The van der Waals surface area contributed by atoms with Gasteiger partial charge in [-0.3, -0.25) is 4.79 Å². The van der Waals surface area contributed by atoms with Gasteiger partial charge in [0.1, 0.15) is 6.61 Å². The van der Waals surface area contributed by atoms with E-state index in [1.54, 1.807) is 6.92 Å². The van der Waals surface area contributed by atoms with Gasteiger partial charge in [0.15, 0.2) is 11.6 Å². The van der Waals surface area contributed by atoms with Crippen LogP contribution < -0.4 is 4.74 Å². The minimum Gasteiger partial charge on any atom is -0.487 e. The molecule has 1 saturated carbocycles. The standard InChI is InChI=1S/C28H29FO5/c1-18-15-24(29)25(16-23(18)26(30)32-3)34-21-11-13-28(2,14-12-21)27(31)33-17-20-9-6-8-19-7-4-5-10-22(19)20/h4-10,15-16,21H,11-14,17H2,1-3H3/t21-,28+. The number of ether oxygens (including phenoxy) is 3. The molecule has 3 aromatic rings. The molecule has 0 atom stereocenters. The van der Waals surface area contributed by atoms with Crippen LogP contribution in [0.25, 0.3) is 10.8 Å². The van der Waals surface area contributed by atoms with Crippen LogP contribution in [0.2, 0.25) is 0 Å². The topological polar surface area (TPSA) is 61.8 Å². The maximum absolute atomic E-state index is 14.5. The van der Waals surface area contributed by atoms with Crippen molar-refractivity contribution in [3.05, 3.63) is 77.1 Å². The first-order chi connectivity index (χ1) is 16.3. The molecule has 34 heavy (non-hydrogen) atoms. The Morgan fingerprint density at radius 1 is 1.06 bits per heavy atom. The summed E-state index contributed by atoms with van der Waals surface area (Å²) in [4.78, 5) is 24.9. The number of methoxy groups -OCH3 is 1. The van der Waals surface area contributed by atoms with Gasteiger partial charge in [0.05, 0.1) is 24.2 Å². The van der Waals surface area contributed by atoms with E-state index in [1.807, 2.05) is 49.4 Å². The van der Waals surface area contributed by atoms with Gasteiger partial charge in [0.2, 0.25) is 0 Å². The molecule has 3 aromatic carbocycles. The van der Waals surface area contributed by atoms with Crippen LogP contribution in [0.5, 0.6) is 5.75 Å². The lowest BCUT2D eigenvalue weighted by atomic mass is 9.74. The number of benzene rings is 3. The molecular weight excluding hydrogens is 435 g/mol. The highest BCUT2D eigenvalue weighted by atomic mass is 19.1. The summed E-state index contributed by atoms with van der Waals surface area (Å²) in [6.45, 7) is 3.78. The third-order valence-electron chi connectivity index (χ3n) is 6.75. The van der Waals surface area contributed by atoms with E-state index in [4.69, 9.17) is 14.2 Å². The monoisotopic (exact) mass is 464 g/mol. The number of hydrogen-bond donors (Lipinski definition) is 0. The van der Waals surface area contributed by atoms with E-state index >= 15 is 0 Å². The SMILES string of the molecule is COC(=O)c1cc(O[C@H]2CC[C@@](C)(C(=O)OCc3cccc4ccccc34)CC2)c(F)cc1C. The number of fused-ring (bicyclic) bond motifs is 1. The second kappa shape index (κ2) is 9.84. The zero-order valence-electron chi connectivity index (χ0n) is 19.7. The number of halogens is 1. The average Bonchev–Trinajstić information content (AvgIpc) is 2.85. The Morgan fingerprint density at radius 2 is 1.76 bits per heavy atom. The lowest BCUT2D eigenvalue weighted by molar-refractivity contribution is -0.159. The van der Waals surface area contributed by atoms with Gasteiger partial charge in [-0.15, -0.1) is 0 Å². The van der Waals surface area contributed by atoms with E-state index in [9.17, 15) is 14.0 Å². The Hall–Kier alpha value is -3.41. The van der Waals surface area contributed by atoms with Gasteiger partial charge in [-0.25, -0.2) is 9.18 Å². The Labute approximate surface area is 198 Å². The smallest absolute Gasteiger partial charge is 0.338 e. The molecule has 0 N–H and O–H groups in total. The number of hydrogen-bond acceptors (Lipinski definition) is 5. The van der Waals surface area contributed by atoms with Crippen LogP contribution in [0.15, 0.2) is 54.6 Å². The van der Waals surface area contributed by atoms with Crippen LogP contribution in [-0.2, 0) is 20.9 Å². The van der Waals surface area contributed by atoms with Crippen molar-refractivity contribution in [3.8, 4) is 5.75 Å². The van der Waals surface area contributed by atoms with Crippen LogP contribution in [0, 0.1) is 18.2 Å². The Balaban J connectivity index is 1.37. The normalized spacial score (nSPS) is 20.1. The minimum absolute atomic E-state index is 0.0261. The summed E-state index contributed by atoms with van der Waals surface area (Å²) in [5.41, 5.74) is 1.12. The Bertz CT molecular complexity index is 1210. The van der Waals surface area contributed by atoms with Crippen LogP contribution in [-0.4, -0.2) is 25.2 Å². The first-order valence-corrected chi connectivity index (χ1v) is 11.5. The summed E-state index contributed by atoms with van der Waals surface area (Å²) >= 11 is 0. The molecule has 0 aromatic heterocycles. The molecule has 0 amide bonds. The number of carbonyl (C=O) groups is 2. The quantitative estimate of drug-likeness (QED) is 0.410. The van der Waals surface area contributed by atoms with E-state index in [1.165, 1.54) is 19.2 Å². The molecule has 0 saturated heterocycles. The zero-order chi connectivity index (χ0) is 24.3. The molecule has 0 radical (unpaired) electrons. The van der Waals surface area contributed by atoms with Crippen molar-refractivity contribution in [2.24, 2.45) is 5.41 Å². The van der Waals surface area contributed by atoms with Gasteiger partial charge in [0, 0.05) is 0 Å². The number of rotatable bonds is 6. The van der Waals surface area contributed by atoms with E-state index in [0.29, 0.717) is 31.2 Å². The molecule has 0 spiro atoms. The maximum atomic E-state index is 14.5. The molecule has 1 fully saturated rings. The molecule has 0 aliphatic heterocycles. The van der Waals surface area contributed by atoms with Crippen LogP contribution in [0.3, 0.4) is 0 Å². The van der Waals surface area contributed by atoms with Crippen molar-refractivity contribution >= 4 is 22.7 Å². The Morgan fingerprint density at radius 3 is 2.50 bits per heavy atom. The summed E-state index contributed by atoms with van der Waals surface area (Å²) in [6.07, 6.45) is 2.07. The predicted octanol–water partition coefficient (Wildman–Crippen LogP) is 6.15. The molecule has 6 heteroatoms. The van der Waals surface area contributed by atoms with Crippen LogP contribution >= 0.6 is 0 Å². The fraction of sp³-hybridized carbons (Fsp3) is 0.357. The van der Waals surface area contributed by atoms with Crippen molar-refractivity contribution in [1.82, 2.24) is 0 Å². The fourth-order valence-electron chi connectivity index (χ4n) is 4.54. The lowest BCUT2D eigenvalue weighted by Gasteiger charge is -2.35. The second-order valence-electron chi connectivity index (χ2n) is 9.18. The molecule has 1 aliphatic rings. The average molecular weight is 465 g/mol. The fourth-order valence-corrected chi connectivity index (χ4v) is 4.54.